The molecule has 0 fully saturated rings. The van der Waals surface area contributed by atoms with Crippen molar-refractivity contribution in [2.75, 3.05) is 0 Å². The van der Waals surface area contributed by atoms with Crippen LogP contribution in [0.2, 0.25) is 0 Å². The Bertz CT molecular complexity index is 382. The molecular weight excluding hydrogens is 275 g/mol. The smallest absolute Gasteiger partial charge is 0.0659 e. The van der Waals surface area contributed by atoms with Crippen molar-refractivity contribution in [3.8, 4) is 0 Å². The molecule has 2 aromatic rings. The lowest BCUT2D eigenvalue weighted by Gasteiger charge is -2.01. The van der Waals surface area contributed by atoms with Crippen LogP contribution in [0.3, 0.4) is 0 Å². The van der Waals surface area contributed by atoms with Crippen LogP contribution in [0.5, 0.6) is 0 Å². The third-order valence-electron chi connectivity index (χ3n) is 1.79. The summed E-state index contributed by atoms with van der Waals surface area (Å²) < 4.78 is 3.19. The van der Waals surface area contributed by atoms with Crippen LogP contribution in [-0.2, 0) is 6.54 Å². The molecule has 0 N–H and O–H groups in total. The van der Waals surface area contributed by atoms with E-state index in [0.717, 1.165) is 6.54 Å². The second-order valence-electron chi connectivity index (χ2n) is 2.83. The predicted molar refractivity (Wildman–Crippen MR) is 60.5 cm³/mol. The number of hydrogen-bond acceptors (Lipinski definition) is 1. The highest BCUT2D eigenvalue weighted by Gasteiger charge is 1.94. The second kappa shape index (κ2) is 3.91. The molecule has 0 atom stereocenters. The molecule has 0 aliphatic carbocycles. The molecule has 0 radical (unpaired) electrons. The van der Waals surface area contributed by atoms with Gasteiger partial charge < -0.3 is 0 Å². The molecule has 0 amide bonds. The minimum absolute atomic E-state index is 0.851. The summed E-state index contributed by atoms with van der Waals surface area (Å²) in [4.78, 5) is 0. The SMILES string of the molecule is Ic1cccc(Cn2cccn2)c1. The molecule has 0 aliphatic rings. The quantitative estimate of drug-likeness (QED) is 0.775. The Morgan fingerprint density at radius 2 is 2.23 bits per heavy atom. The Morgan fingerprint density at radius 3 is 2.92 bits per heavy atom. The van der Waals surface area contributed by atoms with Crippen molar-refractivity contribution in [3.63, 3.8) is 0 Å². The molecule has 0 saturated carbocycles. The predicted octanol–water partition coefficient (Wildman–Crippen LogP) is 2.54. The maximum absolute atomic E-state index is 4.16. The molecule has 1 aromatic heterocycles. The van der Waals surface area contributed by atoms with E-state index < -0.39 is 0 Å². The topological polar surface area (TPSA) is 17.8 Å². The van der Waals surface area contributed by atoms with Gasteiger partial charge in [-0.1, -0.05) is 12.1 Å². The van der Waals surface area contributed by atoms with Crippen LogP contribution in [0.15, 0.2) is 42.7 Å². The van der Waals surface area contributed by atoms with Crippen LogP contribution in [0.1, 0.15) is 5.56 Å². The maximum Gasteiger partial charge on any atom is 0.0659 e. The number of nitrogens with zero attached hydrogens (tertiary/aromatic N) is 2. The number of hydrogen-bond donors (Lipinski definition) is 0. The molecule has 1 heterocycles. The summed E-state index contributed by atoms with van der Waals surface area (Å²) in [5, 5.41) is 4.16. The third kappa shape index (κ3) is 2.30. The van der Waals surface area contributed by atoms with Gasteiger partial charge in [-0.15, -0.1) is 0 Å². The van der Waals surface area contributed by atoms with E-state index in [2.05, 4.69) is 52.0 Å². The maximum atomic E-state index is 4.16. The van der Waals surface area contributed by atoms with Gasteiger partial charge in [0, 0.05) is 16.0 Å². The summed E-state index contributed by atoms with van der Waals surface area (Å²) in [7, 11) is 0. The molecule has 0 aliphatic heterocycles. The summed E-state index contributed by atoms with van der Waals surface area (Å²) in [6.07, 6.45) is 3.77. The highest BCUT2D eigenvalue weighted by molar-refractivity contribution is 14.1. The van der Waals surface area contributed by atoms with Gasteiger partial charge in [-0.25, -0.2) is 0 Å². The van der Waals surface area contributed by atoms with Gasteiger partial charge in [0.15, 0.2) is 0 Å². The van der Waals surface area contributed by atoms with Gasteiger partial charge in [0.05, 0.1) is 6.54 Å². The second-order valence-corrected chi connectivity index (χ2v) is 4.08. The first kappa shape index (κ1) is 8.74. The first-order valence-corrected chi connectivity index (χ1v) is 5.14. The van der Waals surface area contributed by atoms with E-state index in [1.165, 1.54) is 9.13 Å². The van der Waals surface area contributed by atoms with Gasteiger partial charge in [-0.3, -0.25) is 4.68 Å². The first-order valence-electron chi connectivity index (χ1n) is 4.06. The third-order valence-corrected chi connectivity index (χ3v) is 2.46. The fraction of sp³-hybridized carbons (Fsp3) is 0.100. The number of halogens is 1. The van der Waals surface area contributed by atoms with E-state index in [1.54, 1.807) is 6.20 Å². The van der Waals surface area contributed by atoms with Crippen LogP contribution < -0.4 is 0 Å². The van der Waals surface area contributed by atoms with Gasteiger partial charge in [-0.05, 0) is 46.4 Å². The van der Waals surface area contributed by atoms with Crippen molar-refractivity contribution < 1.29 is 0 Å². The number of benzene rings is 1. The molecular formula is C10H9IN2. The number of aromatic nitrogens is 2. The lowest BCUT2D eigenvalue weighted by atomic mass is 10.2. The molecule has 3 heteroatoms. The average molecular weight is 284 g/mol. The van der Waals surface area contributed by atoms with E-state index in [4.69, 9.17) is 0 Å². The molecule has 66 valence electrons. The summed E-state index contributed by atoms with van der Waals surface area (Å²) >= 11 is 2.32. The largest absolute Gasteiger partial charge is 0.268 e. The Balaban J connectivity index is 2.19. The average Bonchev–Trinajstić information content (AvgIpc) is 2.57. The van der Waals surface area contributed by atoms with Crippen molar-refractivity contribution >= 4 is 22.6 Å². The molecule has 2 rings (SSSR count). The highest BCUT2D eigenvalue weighted by Crippen LogP contribution is 2.08. The van der Waals surface area contributed by atoms with Gasteiger partial charge >= 0.3 is 0 Å². The van der Waals surface area contributed by atoms with Crippen LogP contribution in [0.25, 0.3) is 0 Å². The summed E-state index contributed by atoms with van der Waals surface area (Å²) in [6, 6.07) is 10.4. The standard InChI is InChI=1S/C10H9IN2/c11-10-4-1-3-9(7-10)8-13-6-2-5-12-13/h1-7H,8H2. The van der Waals surface area contributed by atoms with Crippen molar-refractivity contribution in [2.24, 2.45) is 0 Å². The highest BCUT2D eigenvalue weighted by atomic mass is 127. The number of rotatable bonds is 2. The summed E-state index contributed by atoms with van der Waals surface area (Å²) in [6.45, 7) is 0.851. The normalized spacial score (nSPS) is 10.2. The fourth-order valence-electron chi connectivity index (χ4n) is 1.22. The molecule has 0 saturated heterocycles. The van der Waals surface area contributed by atoms with E-state index in [1.807, 2.05) is 16.9 Å². The lowest BCUT2D eigenvalue weighted by molar-refractivity contribution is 0.686. The summed E-state index contributed by atoms with van der Waals surface area (Å²) in [5.74, 6) is 0. The van der Waals surface area contributed by atoms with Crippen LogP contribution in [-0.4, -0.2) is 9.78 Å². The molecule has 2 nitrogen and oxygen atoms in total. The molecule has 0 unspecified atom stereocenters. The van der Waals surface area contributed by atoms with E-state index in [0.29, 0.717) is 0 Å². The molecule has 1 aromatic carbocycles. The van der Waals surface area contributed by atoms with Gasteiger partial charge in [-0.2, -0.15) is 5.10 Å². The van der Waals surface area contributed by atoms with Crippen molar-refractivity contribution in [1.29, 1.82) is 0 Å². The zero-order valence-electron chi connectivity index (χ0n) is 7.02. The van der Waals surface area contributed by atoms with Crippen molar-refractivity contribution in [1.82, 2.24) is 9.78 Å². The van der Waals surface area contributed by atoms with E-state index in [-0.39, 0.29) is 0 Å². The minimum Gasteiger partial charge on any atom is -0.268 e. The Morgan fingerprint density at radius 1 is 1.31 bits per heavy atom. The van der Waals surface area contributed by atoms with Crippen LogP contribution in [0.4, 0.5) is 0 Å². The first-order chi connectivity index (χ1) is 6.34. The van der Waals surface area contributed by atoms with Crippen LogP contribution >= 0.6 is 22.6 Å². The fourth-order valence-corrected chi connectivity index (χ4v) is 1.82. The van der Waals surface area contributed by atoms with Crippen molar-refractivity contribution in [3.05, 3.63) is 51.9 Å². The Kier molecular flexibility index (Phi) is 2.63. The lowest BCUT2D eigenvalue weighted by Crippen LogP contribution is -1.99. The minimum atomic E-state index is 0.851. The van der Waals surface area contributed by atoms with Gasteiger partial charge in [0.25, 0.3) is 0 Å². The Hall–Kier alpha value is -0.840. The monoisotopic (exact) mass is 284 g/mol. The summed E-state index contributed by atoms with van der Waals surface area (Å²) in [5.41, 5.74) is 1.29. The molecule has 0 bridgehead atoms. The molecule has 0 spiro atoms. The van der Waals surface area contributed by atoms with Gasteiger partial charge in [0.1, 0.15) is 0 Å². The van der Waals surface area contributed by atoms with Crippen LogP contribution in [0, 0.1) is 3.57 Å². The molecule has 13 heavy (non-hydrogen) atoms. The van der Waals surface area contributed by atoms with E-state index >= 15 is 0 Å². The zero-order chi connectivity index (χ0) is 9.10. The van der Waals surface area contributed by atoms with Gasteiger partial charge in [0.2, 0.25) is 0 Å². The van der Waals surface area contributed by atoms with E-state index in [9.17, 15) is 0 Å². The Labute approximate surface area is 90.7 Å². The zero-order valence-corrected chi connectivity index (χ0v) is 9.18. The van der Waals surface area contributed by atoms with Crippen molar-refractivity contribution in [2.45, 2.75) is 6.54 Å².